The molecule has 1 heterocycles. The number of aryl methyl sites for hydroxylation is 1. The maximum Gasteiger partial charge on any atom is 0.334 e. The summed E-state index contributed by atoms with van der Waals surface area (Å²) in [4.78, 5) is 23.6. The first kappa shape index (κ1) is 17.7. The van der Waals surface area contributed by atoms with Crippen LogP contribution in [0.25, 0.3) is 27.9 Å². The molecular weight excluding hydrogens is 330 g/mol. The van der Waals surface area contributed by atoms with Crippen molar-refractivity contribution in [3.8, 4) is 0 Å². The standard InChI is InChI=1S/C21H21NO4/c1-4-22-18-8-6-5-7-16(18)17-12-14(9-10-19(17)22)11-15(21(24)26-3)13-20(23)25-2/h5-12H,4,13H2,1-3H3/b15-11-. The Bertz CT molecular complexity index is 1010. The minimum atomic E-state index is -0.536. The van der Waals surface area contributed by atoms with E-state index in [2.05, 4.69) is 28.4 Å². The molecule has 0 radical (unpaired) electrons. The van der Waals surface area contributed by atoms with Crippen LogP contribution in [0.5, 0.6) is 0 Å². The Balaban J connectivity index is 2.14. The van der Waals surface area contributed by atoms with Crippen molar-refractivity contribution in [3.05, 3.63) is 53.6 Å². The Morgan fingerprint density at radius 2 is 1.73 bits per heavy atom. The van der Waals surface area contributed by atoms with Crippen LogP contribution in [-0.4, -0.2) is 30.7 Å². The van der Waals surface area contributed by atoms with Crippen LogP contribution in [0, 0.1) is 0 Å². The molecule has 1 aromatic heterocycles. The molecule has 0 N–H and O–H groups in total. The fourth-order valence-electron chi connectivity index (χ4n) is 3.24. The van der Waals surface area contributed by atoms with Gasteiger partial charge in [0.1, 0.15) is 0 Å². The van der Waals surface area contributed by atoms with Crippen molar-refractivity contribution in [2.75, 3.05) is 14.2 Å². The highest BCUT2D eigenvalue weighted by Gasteiger charge is 2.16. The van der Waals surface area contributed by atoms with Crippen LogP contribution in [0.1, 0.15) is 18.9 Å². The average molecular weight is 351 g/mol. The zero-order valence-electron chi connectivity index (χ0n) is 15.1. The third-order valence-electron chi connectivity index (χ3n) is 4.46. The molecule has 5 heteroatoms. The van der Waals surface area contributed by atoms with Gasteiger partial charge in [-0.2, -0.15) is 0 Å². The summed E-state index contributed by atoms with van der Waals surface area (Å²) in [6.07, 6.45) is 1.55. The molecule has 0 aliphatic rings. The van der Waals surface area contributed by atoms with E-state index >= 15 is 0 Å². The molecule has 0 spiro atoms. The lowest BCUT2D eigenvalue weighted by atomic mass is 10.1. The van der Waals surface area contributed by atoms with Gasteiger partial charge in [-0.25, -0.2) is 4.79 Å². The molecule has 0 unspecified atom stereocenters. The van der Waals surface area contributed by atoms with Gasteiger partial charge in [-0.3, -0.25) is 4.79 Å². The largest absolute Gasteiger partial charge is 0.469 e. The number of methoxy groups -OCH3 is 2. The molecule has 0 aliphatic heterocycles. The Morgan fingerprint density at radius 3 is 2.42 bits per heavy atom. The zero-order chi connectivity index (χ0) is 18.7. The number of para-hydroxylation sites is 1. The smallest absolute Gasteiger partial charge is 0.334 e. The van der Waals surface area contributed by atoms with E-state index in [1.165, 1.54) is 19.7 Å². The van der Waals surface area contributed by atoms with Crippen LogP contribution >= 0.6 is 0 Å². The minimum Gasteiger partial charge on any atom is -0.469 e. The highest BCUT2D eigenvalue weighted by atomic mass is 16.5. The van der Waals surface area contributed by atoms with E-state index in [0.29, 0.717) is 0 Å². The fourth-order valence-corrected chi connectivity index (χ4v) is 3.24. The van der Waals surface area contributed by atoms with E-state index in [9.17, 15) is 9.59 Å². The fraction of sp³-hybridized carbons (Fsp3) is 0.238. The summed E-state index contributed by atoms with van der Waals surface area (Å²) in [5.74, 6) is -1.02. The second kappa shape index (κ2) is 7.44. The number of ether oxygens (including phenoxy) is 2. The van der Waals surface area contributed by atoms with Crippen LogP contribution in [0.2, 0.25) is 0 Å². The number of nitrogens with zero attached hydrogens (tertiary/aromatic N) is 1. The zero-order valence-corrected chi connectivity index (χ0v) is 15.1. The molecule has 0 saturated carbocycles. The van der Waals surface area contributed by atoms with Crippen LogP contribution in [0.4, 0.5) is 0 Å². The molecule has 0 amide bonds. The first-order valence-electron chi connectivity index (χ1n) is 8.45. The molecule has 2 aromatic carbocycles. The van der Waals surface area contributed by atoms with E-state index in [0.717, 1.165) is 28.4 Å². The highest BCUT2D eigenvalue weighted by molar-refractivity contribution is 6.09. The summed E-state index contributed by atoms with van der Waals surface area (Å²) in [6.45, 7) is 2.99. The molecular formula is C21H21NO4. The molecule has 0 aliphatic carbocycles. The molecule has 134 valence electrons. The van der Waals surface area contributed by atoms with E-state index in [1.54, 1.807) is 6.08 Å². The number of carbonyl (C=O) groups excluding carboxylic acids is 2. The van der Waals surface area contributed by atoms with Gasteiger partial charge in [0.15, 0.2) is 0 Å². The van der Waals surface area contributed by atoms with Gasteiger partial charge in [0.05, 0.1) is 20.6 Å². The van der Waals surface area contributed by atoms with E-state index in [1.807, 2.05) is 30.3 Å². The lowest BCUT2D eigenvalue weighted by Gasteiger charge is -2.06. The van der Waals surface area contributed by atoms with Gasteiger partial charge in [0, 0.05) is 33.9 Å². The molecule has 0 saturated heterocycles. The number of hydrogen-bond donors (Lipinski definition) is 0. The van der Waals surface area contributed by atoms with Crippen LogP contribution in [-0.2, 0) is 25.6 Å². The number of fused-ring (bicyclic) bond motifs is 3. The Hall–Kier alpha value is -3.08. The van der Waals surface area contributed by atoms with E-state index < -0.39 is 11.9 Å². The number of aromatic nitrogens is 1. The van der Waals surface area contributed by atoms with Crippen molar-refractivity contribution in [3.63, 3.8) is 0 Å². The van der Waals surface area contributed by atoms with Gasteiger partial charge in [0.25, 0.3) is 0 Å². The van der Waals surface area contributed by atoms with Crippen molar-refractivity contribution in [1.29, 1.82) is 0 Å². The Kier molecular flexibility index (Phi) is 5.07. The van der Waals surface area contributed by atoms with Crippen LogP contribution < -0.4 is 0 Å². The summed E-state index contributed by atoms with van der Waals surface area (Å²) < 4.78 is 11.7. The van der Waals surface area contributed by atoms with Crippen LogP contribution in [0.15, 0.2) is 48.0 Å². The van der Waals surface area contributed by atoms with Crippen molar-refractivity contribution in [2.45, 2.75) is 19.9 Å². The third-order valence-corrected chi connectivity index (χ3v) is 4.46. The van der Waals surface area contributed by atoms with Gasteiger partial charge < -0.3 is 14.0 Å². The Morgan fingerprint density at radius 1 is 1.00 bits per heavy atom. The van der Waals surface area contributed by atoms with Gasteiger partial charge >= 0.3 is 11.9 Å². The monoisotopic (exact) mass is 351 g/mol. The van der Waals surface area contributed by atoms with Crippen molar-refractivity contribution < 1.29 is 19.1 Å². The van der Waals surface area contributed by atoms with Crippen molar-refractivity contribution in [2.24, 2.45) is 0 Å². The maximum atomic E-state index is 12.0. The molecule has 0 bridgehead atoms. The first-order valence-corrected chi connectivity index (χ1v) is 8.45. The third kappa shape index (κ3) is 3.20. The van der Waals surface area contributed by atoms with Crippen LogP contribution in [0.3, 0.4) is 0 Å². The van der Waals surface area contributed by atoms with Gasteiger partial charge in [-0.05, 0) is 36.8 Å². The van der Waals surface area contributed by atoms with Gasteiger partial charge in [-0.1, -0.05) is 24.3 Å². The lowest BCUT2D eigenvalue weighted by molar-refractivity contribution is -0.143. The quantitative estimate of drug-likeness (QED) is 0.516. The van der Waals surface area contributed by atoms with Gasteiger partial charge in [0.2, 0.25) is 0 Å². The number of rotatable bonds is 5. The van der Waals surface area contributed by atoms with E-state index in [4.69, 9.17) is 4.74 Å². The maximum absolute atomic E-state index is 12.0. The Labute approximate surface area is 151 Å². The predicted octanol–water partition coefficient (Wildman–Crippen LogP) is 3.93. The lowest BCUT2D eigenvalue weighted by Crippen LogP contribution is -2.10. The second-order valence-corrected chi connectivity index (χ2v) is 5.95. The molecule has 26 heavy (non-hydrogen) atoms. The number of benzene rings is 2. The molecule has 0 atom stereocenters. The summed E-state index contributed by atoms with van der Waals surface area (Å²) in [5, 5.41) is 2.27. The SMILES string of the molecule is CCn1c2ccccc2c2cc(/C=C(/CC(=O)OC)C(=O)OC)ccc21. The number of hydrogen-bond acceptors (Lipinski definition) is 4. The van der Waals surface area contributed by atoms with Crippen molar-refractivity contribution in [1.82, 2.24) is 4.57 Å². The van der Waals surface area contributed by atoms with Crippen molar-refractivity contribution >= 4 is 39.8 Å². The first-order chi connectivity index (χ1) is 12.6. The summed E-state index contributed by atoms with van der Waals surface area (Å²) in [5.41, 5.74) is 3.41. The normalized spacial score (nSPS) is 11.7. The predicted molar refractivity (Wildman–Crippen MR) is 102 cm³/mol. The minimum absolute atomic E-state index is 0.127. The average Bonchev–Trinajstić information content (AvgIpc) is 2.99. The van der Waals surface area contributed by atoms with E-state index in [-0.39, 0.29) is 12.0 Å². The second-order valence-electron chi connectivity index (χ2n) is 5.95. The summed E-state index contributed by atoms with van der Waals surface area (Å²) in [7, 11) is 2.59. The van der Waals surface area contributed by atoms with Gasteiger partial charge in [-0.15, -0.1) is 0 Å². The number of carbonyl (C=O) groups is 2. The molecule has 0 fully saturated rings. The molecule has 3 rings (SSSR count). The summed E-state index contributed by atoms with van der Waals surface area (Å²) in [6, 6.07) is 14.2. The number of esters is 2. The summed E-state index contributed by atoms with van der Waals surface area (Å²) >= 11 is 0. The molecule has 5 nitrogen and oxygen atoms in total. The molecule has 3 aromatic rings. The topological polar surface area (TPSA) is 57.5 Å². The highest BCUT2D eigenvalue weighted by Crippen LogP contribution is 2.30.